The SMILES string of the molecule is C=C(C)C(=O)OCC(O)COCCC[Si](C)(C)O[Si](C)(C)O[Si](C)(C)O[Si](C)(C)O[Si](C)(C)O[Si](C)(C)O[Si](C)(C)O[Si](C)(C)O[Si](C)(C)O[Si](C)(C)O[Si](C)(C)O[Si](C)(C)O[Si](C)(C)O[Si](C)(C)O[Si](C)(C)CCCC. The van der Waals surface area contributed by atoms with Crippen molar-refractivity contribution in [2.75, 3.05) is 19.8 Å². The summed E-state index contributed by atoms with van der Waals surface area (Å²) in [5.41, 5.74) is 0.285. The van der Waals surface area contributed by atoms with Gasteiger partial charge in [0.15, 0.2) is 16.6 Å². The van der Waals surface area contributed by atoms with Crippen molar-refractivity contribution in [3.8, 4) is 0 Å². The Labute approximate surface area is 487 Å². The van der Waals surface area contributed by atoms with Crippen LogP contribution in [0.1, 0.15) is 33.1 Å². The summed E-state index contributed by atoms with van der Waals surface area (Å²) in [6, 6.07) is 1.97. The normalized spacial score (nSPS) is 15.5. The van der Waals surface area contributed by atoms with Gasteiger partial charge in [-0.1, -0.05) is 26.3 Å². The molecule has 0 aliphatic carbocycles. The third-order valence-corrected chi connectivity index (χ3v) is 68.9. The van der Waals surface area contributed by atoms with Gasteiger partial charge in [-0.25, -0.2) is 4.79 Å². The van der Waals surface area contributed by atoms with E-state index in [2.05, 4.69) is 171 Å². The molecule has 0 aromatic carbocycles. The van der Waals surface area contributed by atoms with Gasteiger partial charge in [-0.15, -0.1) is 0 Å². The maximum absolute atomic E-state index is 11.6. The minimum atomic E-state index is -2.84. The van der Waals surface area contributed by atoms with Crippen LogP contribution in [0.25, 0.3) is 0 Å². The van der Waals surface area contributed by atoms with Crippen LogP contribution in [0.5, 0.6) is 0 Å². The minimum Gasteiger partial charge on any atom is -0.460 e. The van der Waals surface area contributed by atoms with Gasteiger partial charge in [-0.3, -0.25) is 0 Å². The highest BCUT2D eigenvalue weighted by Crippen LogP contribution is 2.33. The first-order valence-electron chi connectivity index (χ1n) is 27.6. The molecule has 0 bridgehead atoms. The van der Waals surface area contributed by atoms with Crippen LogP contribution in [0.15, 0.2) is 12.2 Å². The second kappa shape index (κ2) is 29.5. The number of carbonyl (C=O) groups is 1. The molecule has 0 aromatic heterocycles. The van der Waals surface area contributed by atoms with Gasteiger partial charge in [0.05, 0.1) is 6.61 Å². The molecule has 77 heavy (non-hydrogen) atoms. The van der Waals surface area contributed by atoms with Gasteiger partial charge >= 0.3 is 117 Å². The average Bonchev–Trinajstić information content (AvgIpc) is 3.04. The fraction of sp³-hybridized carbons (Fsp3) is 0.932. The molecule has 460 valence electrons. The highest BCUT2D eigenvalue weighted by Gasteiger charge is 2.53. The number of unbranched alkanes of at least 4 members (excludes halogenated alkanes) is 1. The number of hydrogen-bond acceptors (Lipinski definition) is 18. The third kappa shape index (κ3) is 37.8. The molecule has 0 aliphatic heterocycles. The first-order valence-corrected chi connectivity index (χ1v) is 70.4. The molecule has 0 radical (unpaired) electrons. The maximum Gasteiger partial charge on any atom is 0.333 e. The molecule has 0 rings (SSSR count). The van der Waals surface area contributed by atoms with Crippen molar-refractivity contribution in [1.82, 2.24) is 0 Å². The summed E-state index contributed by atoms with van der Waals surface area (Å²) in [6.45, 7) is 70.5. The van der Waals surface area contributed by atoms with Crippen LogP contribution >= 0.6 is 0 Å². The van der Waals surface area contributed by atoms with Gasteiger partial charge in [-0.05, 0) is 222 Å². The Morgan fingerprint density at radius 2 is 0.571 bits per heavy atom. The van der Waals surface area contributed by atoms with Crippen molar-refractivity contribution in [1.29, 1.82) is 0 Å². The lowest BCUT2D eigenvalue weighted by Crippen LogP contribution is -2.63. The zero-order valence-corrected chi connectivity index (χ0v) is 69.8. The molecule has 1 atom stereocenters. The van der Waals surface area contributed by atoms with E-state index in [-0.39, 0.29) is 18.8 Å². The van der Waals surface area contributed by atoms with E-state index in [9.17, 15) is 9.90 Å². The summed E-state index contributed by atoms with van der Waals surface area (Å²) in [5, 5.41) is 10.1. The number of rotatable bonds is 40. The number of ether oxygens (including phenoxy) is 2. The van der Waals surface area contributed by atoms with Crippen molar-refractivity contribution in [3.63, 3.8) is 0 Å². The maximum atomic E-state index is 11.6. The lowest BCUT2D eigenvalue weighted by molar-refractivity contribution is -0.143. The van der Waals surface area contributed by atoms with E-state index in [1.54, 1.807) is 6.92 Å². The van der Waals surface area contributed by atoms with Crippen LogP contribution in [0, 0.1) is 0 Å². The van der Waals surface area contributed by atoms with Crippen LogP contribution in [0.2, 0.25) is 208 Å². The van der Waals surface area contributed by atoms with E-state index < -0.39 is 140 Å². The molecular weight excluding hydrogens is 1240 g/mol. The Morgan fingerprint density at radius 3 is 0.779 bits per heavy atom. The highest BCUT2D eigenvalue weighted by molar-refractivity contribution is 6.95. The minimum absolute atomic E-state index is 0.0750. The van der Waals surface area contributed by atoms with Crippen LogP contribution < -0.4 is 0 Å². The molecule has 18 nitrogen and oxygen atoms in total. The van der Waals surface area contributed by atoms with E-state index >= 15 is 0 Å². The largest absolute Gasteiger partial charge is 0.460 e. The molecule has 0 fully saturated rings. The topological polar surface area (TPSA) is 185 Å². The molecule has 0 spiro atoms. The van der Waals surface area contributed by atoms with Gasteiger partial charge in [0.1, 0.15) is 12.7 Å². The Hall–Kier alpha value is 1.82. The summed E-state index contributed by atoms with van der Waals surface area (Å²) in [4.78, 5) is 11.6. The zero-order valence-electron chi connectivity index (χ0n) is 54.8. The lowest BCUT2D eigenvalue weighted by Gasteiger charge is -2.45. The van der Waals surface area contributed by atoms with Crippen molar-refractivity contribution in [2.24, 2.45) is 0 Å². The second-order valence-electron chi connectivity index (χ2n) is 27.5. The smallest absolute Gasteiger partial charge is 0.333 e. The van der Waals surface area contributed by atoms with Crippen molar-refractivity contribution in [2.45, 2.75) is 248 Å². The van der Waals surface area contributed by atoms with E-state index in [0.717, 1.165) is 24.9 Å². The average molecular weight is 1350 g/mol. The number of carbonyl (C=O) groups excluding carboxylic acids is 1. The molecule has 0 saturated carbocycles. The standard InChI is InChI=1S/C44H116O18Si15/c1-34-35-38-63(4,5)49-65(8,9)51-67(12,13)53-69(16,17)55-71(20,21)57-73(24,25)59-75(28,29)61-77(32,33)62-76(30,31)60-74(26,27)58-72(22,23)56-70(18,19)54-68(14,15)52-66(10,11)50-64(6,7)39-36-37-47-40-43(45)41-48-44(46)42(2)3/h43,45H,2,34-41H2,1,3-33H3. The summed E-state index contributed by atoms with van der Waals surface area (Å²) in [5.74, 6) is -0.531. The quantitative estimate of drug-likeness (QED) is 0.0264. The third-order valence-electron chi connectivity index (χ3n) is 10.2. The predicted octanol–water partition coefficient (Wildman–Crippen LogP) is 13.4. The molecule has 0 aromatic rings. The Balaban J connectivity index is 5.57. The van der Waals surface area contributed by atoms with Crippen LogP contribution in [0.3, 0.4) is 0 Å². The molecular formula is C44H116O18Si15. The summed E-state index contributed by atoms with van der Waals surface area (Å²) in [7, 11) is -39.8. The number of hydrogen-bond donors (Lipinski definition) is 1. The van der Waals surface area contributed by atoms with E-state index in [1.165, 1.54) is 6.42 Å². The van der Waals surface area contributed by atoms with Gasteiger partial charge < -0.3 is 72.2 Å². The van der Waals surface area contributed by atoms with Gasteiger partial charge in [0.25, 0.3) is 0 Å². The summed E-state index contributed by atoms with van der Waals surface area (Å²) in [6.07, 6.45) is 2.20. The van der Waals surface area contributed by atoms with Gasteiger partial charge in [0.2, 0.25) is 0 Å². The van der Waals surface area contributed by atoms with Crippen molar-refractivity contribution >= 4 is 134 Å². The van der Waals surface area contributed by atoms with E-state index in [1.807, 2.05) is 39.3 Å². The predicted molar refractivity (Wildman–Crippen MR) is 349 cm³/mol. The van der Waals surface area contributed by atoms with Crippen LogP contribution in [0.4, 0.5) is 0 Å². The molecule has 0 saturated heterocycles. The molecule has 1 unspecified atom stereocenters. The Kier molecular flexibility index (Phi) is 30.2. The highest BCUT2D eigenvalue weighted by atomic mass is 28.5. The van der Waals surface area contributed by atoms with Crippen molar-refractivity contribution < 1.29 is 77.0 Å². The number of aliphatic hydroxyl groups excluding tert-OH is 1. The molecule has 0 amide bonds. The molecule has 33 heteroatoms. The molecule has 0 aliphatic rings. The van der Waals surface area contributed by atoms with Crippen LogP contribution in [-0.4, -0.2) is 165 Å². The Bertz CT molecular complexity index is 1850. The first kappa shape index (κ1) is 78.8. The second-order valence-corrected chi connectivity index (χ2v) is 83.3. The lowest BCUT2D eigenvalue weighted by atomic mass is 10.3. The van der Waals surface area contributed by atoms with E-state index in [4.69, 9.17) is 67.1 Å². The van der Waals surface area contributed by atoms with Crippen LogP contribution in [-0.2, 0) is 71.9 Å². The summed E-state index contributed by atoms with van der Waals surface area (Å²) < 4.78 is 107. The first-order chi connectivity index (χ1) is 33.7. The molecule has 1 N–H and O–H groups in total. The van der Waals surface area contributed by atoms with Gasteiger partial charge in [-0.2, -0.15) is 0 Å². The zero-order chi connectivity index (χ0) is 61.2. The number of esters is 1. The number of aliphatic hydroxyl groups is 1. The fourth-order valence-electron chi connectivity index (χ4n) is 10.6. The van der Waals surface area contributed by atoms with Gasteiger partial charge in [0, 0.05) is 12.2 Å². The molecule has 0 heterocycles. The van der Waals surface area contributed by atoms with Crippen molar-refractivity contribution in [3.05, 3.63) is 12.2 Å². The fourth-order valence-corrected chi connectivity index (χ4v) is 88.1. The summed E-state index contributed by atoms with van der Waals surface area (Å²) >= 11 is 0. The Morgan fingerprint density at radius 1 is 0.364 bits per heavy atom. The monoisotopic (exact) mass is 1350 g/mol. The van der Waals surface area contributed by atoms with E-state index in [0.29, 0.717) is 6.61 Å².